The molecule has 21 heavy (non-hydrogen) atoms. The molecule has 0 saturated heterocycles. The molecule has 0 aliphatic rings. The molecule has 1 amide bonds. The van der Waals surface area contributed by atoms with Crippen molar-refractivity contribution in [2.75, 3.05) is 25.0 Å². The summed E-state index contributed by atoms with van der Waals surface area (Å²) < 4.78 is 13.5. The number of carbonyl (C=O) groups excluding carboxylic acids is 1. The van der Waals surface area contributed by atoms with Crippen LogP contribution in [0.15, 0.2) is 24.3 Å². The Hall–Kier alpha value is -1.42. The van der Waals surface area contributed by atoms with Crippen molar-refractivity contribution in [3.8, 4) is 0 Å². The molecule has 0 unspecified atom stereocenters. The Morgan fingerprint density at radius 2 is 1.71 bits per heavy atom. The molecule has 0 saturated carbocycles. The number of nitrogens with one attached hydrogen (secondary N) is 1. The number of carbonyl (C=O) groups is 1. The van der Waals surface area contributed by atoms with Crippen molar-refractivity contribution in [2.45, 2.75) is 34.1 Å². The number of para-hydroxylation sites is 1. The van der Waals surface area contributed by atoms with Gasteiger partial charge in [-0.2, -0.15) is 0 Å². The molecule has 4 heteroatoms. The largest absolute Gasteiger partial charge is 0.324 e. The zero-order valence-electron chi connectivity index (χ0n) is 13.5. The van der Waals surface area contributed by atoms with Crippen LogP contribution in [0.2, 0.25) is 0 Å². The van der Waals surface area contributed by atoms with Crippen molar-refractivity contribution >= 4 is 11.6 Å². The summed E-state index contributed by atoms with van der Waals surface area (Å²) in [6.07, 6.45) is 0.383. The molecule has 0 spiro atoms. The van der Waals surface area contributed by atoms with Crippen molar-refractivity contribution in [3.05, 3.63) is 30.1 Å². The van der Waals surface area contributed by atoms with Gasteiger partial charge in [0.2, 0.25) is 5.91 Å². The Labute approximate surface area is 127 Å². The van der Waals surface area contributed by atoms with Crippen molar-refractivity contribution in [1.29, 1.82) is 0 Å². The molecular weight excluding hydrogens is 267 g/mol. The van der Waals surface area contributed by atoms with Crippen LogP contribution in [0.25, 0.3) is 0 Å². The van der Waals surface area contributed by atoms with E-state index in [9.17, 15) is 9.18 Å². The van der Waals surface area contributed by atoms with E-state index in [1.807, 2.05) is 0 Å². The highest BCUT2D eigenvalue weighted by molar-refractivity contribution is 5.90. The summed E-state index contributed by atoms with van der Waals surface area (Å²) in [7, 11) is 0. The maximum absolute atomic E-state index is 13.5. The normalized spacial score (nSPS) is 11.4. The fourth-order valence-corrected chi connectivity index (χ4v) is 2.32. The van der Waals surface area contributed by atoms with E-state index in [1.54, 1.807) is 18.2 Å². The molecule has 1 aromatic rings. The Morgan fingerprint density at radius 1 is 1.14 bits per heavy atom. The Balaban J connectivity index is 2.47. The Bertz CT molecular complexity index is 436. The lowest BCUT2D eigenvalue weighted by Gasteiger charge is -2.25. The van der Waals surface area contributed by atoms with E-state index >= 15 is 0 Å². The summed E-state index contributed by atoms with van der Waals surface area (Å²) in [6.45, 7) is 11.4. The first-order valence-electron chi connectivity index (χ1n) is 7.65. The monoisotopic (exact) mass is 294 g/mol. The first-order valence-corrected chi connectivity index (χ1v) is 7.65. The number of hydrogen-bond donors (Lipinski definition) is 1. The van der Waals surface area contributed by atoms with Gasteiger partial charge in [-0.05, 0) is 24.0 Å². The van der Waals surface area contributed by atoms with E-state index in [0.717, 1.165) is 13.1 Å². The topological polar surface area (TPSA) is 32.3 Å². The summed E-state index contributed by atoms with van der Waals surface area (Å²) in [5, 5.41) is 2.63. The minimum atomic E-state index is -0.396. The van der Waals surface area contributed by atoms with Gasteiger partial charge in [0.05, 0.1) is 5.69 Å². The smallest absolute Gasteiger partial charge is 0.225 e. The molecule has 0 aliphatic carbocycles. The lowest BCUT2D eigenvalue weighted by atomic mass is 10.1. The number of halogens is 1. The van der Waals surface area contributed by atoms with Crippen LogP contribution in [-0.4, -0.2) is 30.4 Å². The molecule has 1 rings (SSSR count). The minimum absolute atomic E-state index is 0.141. The molecule has 0 radical (unpaired) electrons. The number of rotatable bonds is 8. The molecule has 0 fully saturated rings. The second kappa shape index (κ2) is 8.78. The van der Waals surface area contributed by atoms with Crippen molar-refractivity contribution in [3.63, 3.8) is 0 Å². The van der Waals surface area contributed by atoms with Crippen molar-refractivity contribution < 1.29 is 9.18 Å². The number of hydrogen-bond acceptors (Lipinski definition) is 2. The van der Waals surface area contributed by atoms with E-state index in [1.165, 1.54) is 6.07 Å². The van der Waals surface area contributed by atoms with Crippen LogP contribution in [-0.2, 0) is 4.79 Å². The predicted octanol–water partition coefficient (Wildman–Crippen LogP) is 3.77. The second-order valence-electron chi connectivity index (χ2n) is 6.33. The number of nitrogens with zero attached hydrogens (tertiary/aromatic N) is 1. The summed E-state index contributed by atoms with van der Waals surface area (Å²) in [5.41, 5.74) is 0.252. The summed E-state index contributed by atoms with van der Waals surface area (Å²) in [6, 6.07) is 6.24. The summed E-state index contributed by atoms with van der Waals surface area (Å²) in [4.78, 5) is 14.2. The Kier molecular flexibility index (Phi) is 7.37. The van der Waals surface area contributed by atoms with Gasteiger partial charge in [-0.3, -0.25) is 4.79 Å². The number of anilines is 1. The van der Waals surface area contributed by atoms with Crippen LogP contribution in [0.5, 0.6) is 0 Å². The molecule has 118 valence electrons. The third-order valence-corrected chi connectivity index (χ3v) is 3.05. The van der Waals surface area contributed by atoms with Gasteiger partial charge in [0.15, 0.2) is 0 Å². The van der Waals surface area contributed by atoms with Crippen LogP contribution >= 0.6 is 0 Å². The second-order valence-corrected chi connectivity index (χ2v) is 6.33. The maximum Gasteiger partial charge on any atom is 0.225 e. The quantitative estimate of drug-likeness (QED) is 0.791. The first-order chi connectivity index (χ1) is 9.88. The van der Waals surface area contributed by atoms with Crippen molar-refractivity contribution in [1.82, 2.24) is 4.90 Å². The highest BCUT2D eigenvalue weighted by atomic mass is 19.1. The van der Waals surface area contributed by atoms with Gasteiger partial charge in [0, 0.05) is 26.1 Å². The maximum atomic E-state index is 13.5. The van der Waals surface area contributed by atoms with Gasteiger partial charge in [0.1, 0.15) is 5.82 Å². The third kappa shape index (κ3) is 7.23. The highest BCUT2D eigenvalue weighted by Crippen LogP contribution is 2.13. The average molecular weight is 294 g/mol. The van der Waals surface area contributed by atoms with Gasteiger partial charge in [-0.25, -0.2) is 4.39 Å². The molecule has 0 aliphatic heterocycles. The molecule has 0 aromatic heterocycles. The van der Waals surface area contributed by atoms with Gasteiger partial charge >= 0.3 is 0 Å². The van der Waals surface area contributed by atoms with Gasteiger partial charge in [-0.1, -0.05) is 39.8 Å². The van der Waals surface area contributed by atoms with E-state index in [0.29, 0.717) is 24.8 Å². The average Bonchev–Trinajstić information content (AvgIpc) is 2.37. The molecule has 3 nitrogen and oxygen atoms in total. The fraction of sp³-hybridized carbons (Fsp3) is 0.588. The lowest BCUT2D eigenvalue weighted by Crippen LogP contribution is -2.34. The molecule has 1 N–H and O–H groups in total. The third-order valence-electron chi connectivity index (χ3n) is 3.05. The standard InChI is InChI=1S/C17H27FN2O/c1-13(2)11-20(12-14(3)4)10-9-17(21)19-16-8-6-5-7-15(16)18/h5-8,13-14H,9-12H2,1-4H3,(H,19,21). The molecular formula is C17H27FN2O. The first kappa shape index (κ1) is 17.6. The number of benzene rings is 1. The summed E-state index contributed by atoms with van der Waals surface area (Å²) >= 11 is 0. The SMILES string of the molecule is CC(C)CN(CCC(=O)Nc1ccccc1F)CC(C)C. The van der Waals surface area contributed by atoms with Crippen LogP contribution in [0, 0.1) is 17.7 Å². The molecule has 0 bridgehead atoms. The minimum Gasteiger partial charge on any atom is -0.324 e. The zero-order valence-corrected chi connectivity index (χ0v) is 13.5. The fourth-order valence-electron chi connectivity index (χ4n) is 2.32. The van der Waals surface area contributed by atoms with Gasteiger partial charge in [-0.15, -0.1) is 0 Å². The van der Waals surface area contributed by atoms with Crippen LogP contribution in [0.1, 0.15) is 34.1 Å². The van der Waals surface area contributed by atoms with Crippen LogP contribution in [0.4, 0.5) is 10.1 Å². The van der Waals surface area contributed by atoms with E-state index in [-0.39, 0.29) is 11.6 Å². The highest BCUT2D eigenvalue weighted by Gasteiger charge is 2.12. The van der Waals surface area contributed by atoms with Gasteiger partial charge < -0.3 is 10.2 Å². The predicted molar refractivity (Wildman–Crippen MR) is 85.8 cm³/mol. The summed E-state index contributed by atoms with van der Waals surface area (Å²) in [5.74, 6) is 0.599. The van der Waals surface area contributed by atoms with Crippen LogP contribution < -0.4 is 5.32 Å². The van der Waals surface area contributed by atoms with Crippen LogP contribution in [0.3, 0.4) is 0 Å². The van der Waals surface area contributed by atoms with Crippen molar-refractivity contribution in [2.24, 2.45) is 11.8 Å². The van der Waals surface area contributed by atoms with Gasteiger partial charge in [0.25, 0.3) is 0 Å². The lowest BCUT2D eigenvalue weighted by molar-refractivity contribution is -0.116. The van der Waals surface area contributed by atoms with E-state index in [2.05, 4.69) is 37.9 Å². The van der Waals surface area contributed by atoms with E-state index in [4.69, 9.17) is 0 Å². The van der Waals surface area contributed by atoms with E-state index < -0.39 is 5.82 Å². The molecule has 0 heterocycles. The molecule has 1 aromatic carbocycles. The molecule has 0 atom stereocenters. The Morgan fingerprint density at radius 3 is 2.24 bits per heavy atom. The number of amides is 1. The zero-order chi connectivity index (χ0) is 15.8.